The number of esters is 1. The Balaban J connectivity index is 2.48. The van der Waals surface area contributed by atoms with Gasteiger partial charge in [0.25, 0.3) is 0 Å². The number of nitrogens with zero attached hydrogens (tertiary/aromatic N) is 2. The van der Waals surface area contributed by atoms with Gasteiger partial charge in [-0.25, -0.2) is 4.68 Å². The highest BCUT2D eigenvalue weighted by atomic mass is 35.5. The van der Waals surface area contributed by atoms with Crippen molar-refractivity contribution in [3.05, 3.63) is 41.2 Å². The van der Waals surface area contributed by atoms with E-state index in [0.717, 1.165) is 5.69 Å². The fourth-order valence-electron chi connectivity index (χ4n) is 1.48. The van der Waals surface area contributed by atoms with E-state index in [2.05, 4.69) is 5.10 Å². The fraction of sp³-hybridized carbons (Fsp3) is 0.167. The van der Waals surface area contributed by atoms with E-state index in [1.807, 2.05) is 30.3 Å². The third-order valence-electron chi connectivity index (χ3n) is 2.20. The molecule has 0 fully saturated rings. The summed E-state index contributed by atoms with van der Waals surface area (Å²) in [5, 5.41) is 4.54. The molecule has 0 N–H and O–H groups in total. The number of benzene rings is 1. The summed E-state index contributed by atoms with van der Waals surface area (Å²) in [5.74, 6) is -0.106. The van der Waals surface area contributed by atoms with E-state index in [1.54, 1.807) is 6.92 Å². The van der Waals surface area contributed by atoms with Gasteiger partial charge in [-0.3, -0.25) is 4.79 Å². The van der Waals surface area contributed by atoms with E-state index in [9.17, 15) is 4.79 Å². The van der Waals surface area contributed by atoms with Gasteiger partial charge in [0.05, 0.1) is 5.69 Å². The first-order valence-electron chi connectivity index (χ1n) is 5.08. The van der Waals surface area contributed by atoms with Crippen LogP contribution in [-0.4, -0.2) is 15.7 Å². The molecule has 0 amide bonds. The van der Waals surface area contributed by atoms with Crippen molar-refractivity contribution in [3.8, 4) is 11.4 Å². The largest absolute Gasteiger partial charge is 0.421 e. The van der Waals surface area contributed by atoms with Gasteiger partial charge in [-0.1, -0.05) is 29.8 Å². The van der Waals surface area contributed by atoms with Crippen LogP contribution in [0.4, 0.5) is 0 Å². The van der Waals surface area contributed by atoms with E-state index in [0.29, 0.717) is 16.6 Å². The summed E-state index contributed by atoms with van der Waals surface area (Å²) in [7, 11) is 0. The van der Waals surface area contributed by atoms with Gasteiger partial charge in [0.2, 0.25) is 0 Å². The van der Waals surface area contributed by atoms with Crippen molar-refractivity contribution >= 4 is 17.6 Å². The zero-order valence-electron chi connectivity index (χ0n) is 9.48. The Kier molecular flexibility index (Phi) is 3.15. The molecule has 2 aromatic rings. The van der Waals surface area contributed by atoms with Crippen LogP contribution in [0.5, 0.6) is 5.75 Å². The minimum Gasteiger partial charge on any atom is -0.421 e. The Labute approximate surface area is 104 Å². The zero-order valence-corrected chi connectivity index (χ0v) is 10.2. The van der Waals surface area contributed by atoms with Crippen LogP contribution in [0.15, 0.2) is 30.3 Å². The van der Waals surface area contributed by atoms with Crippen molar-refractivity contribution in [2.75, 3.05) is 0 Å². The van der Waals surface area contributed by atoms with Crippen LogP contribution in [0.25, 0.3) is 5.69 Å². The third kappa shape index (κ3) is 2.31. The van der Waals surface area contributed by atoms with E-state index in [1.165, 1.54) is 11.6 Å². The number of hydrogen-bond donors (Lipinski definition) is 0. The number of carbonyl (C=O) groups is 1. The molecule has 0 aliphatic carbocycles. The molecule has 0 unspecified atom stereocenters. The minimum atomic E-state index is -0.414. The molecule has 4 nitrogen and oxygen atoms in total. The summed E-state index contributed by atoms with van der Waals surface area (Å²) in [6.45, 7) is 3.07. The number of hydrogen-bond acceptors (Lipinski definition) is 3. The zero-order chi connectivity index (χ0) is 12.4. The molecule has 0 aliphatic rings. The van der Waals surface area contributed by atoms with Crippen LogP contribution in [0.3, 0.4) is 0 Å². The smallest absolute Gasteiger partial charge is 0.308 e. The molecule has 1 aromatic heterocycles. The summed E-state index contributed by atoms with van der Waals surface area (Å²) in [5.41, 5.74) is 1.40. The summed E-state index contributed by atoms with van der Waals surface area (Å²) in [6, 6.07) is 9.41. The molecule has 0 saturated heterocycles. The molecule has 5 heteroatoms. The minimum absolute atomic E-state index is 0.295. The number of rotatable bonds is 2. The number of halogens is 1. The van der Waals surface area contributed by atoms with Crippen LogP contribution in [0.1, 0.15) is 12.6 Å². The second-order valence-electron chi connectivity index (χ2n) is 3.55. The lowest BCUT2D eigenvalue weighted by molar-refractivity contribution is -0.131. The number of para-hydroxylation sites is 1. The molecular formula is C12H11ClN2O2. The van der Waals surface area contributed by atoms with E-state index in [-0.39, 0.29) is 0 Å². The number of aromatic nitrogens is 2. The van der Waals surface area contributed by atoms with Gasteiger partial charge in [0, 0.05) is 6.92 Å². The summed E-state index contributed by atoms with van der Waals surface area (Å²) < 4.78 is 6.56. The van der Waals surface area contributed by atoms with Gasteiger partial charge < -0.3 is 4.74 Å². The fourth-order valence-corrected chi connectivity index (χ4v) is 1.80. The number of aryl methyl sites for hydroxylation is 1. The summed E-state index contributed by atoms with van der Waals surface area (Å²) in [6.07, 6.45) is 0. The molecule has 17 heavy (non-hydrogen) atoms. The van der Waals surface area contributed by atoms with Crippen LogP contribution in [-0.2, 0) is 4.79 Å². The average molecular weight is 251 g/mol. The molecule has 1 heterocycles. The van der Waals surface area contributed by atoms with Gasteiger partial charge in [0.1, 0.15) is 5.69 Å². The Morgan fingerprint density at radius 2 is 2.00 bits per heavy atom. The second kappa shape index (κ2) is 4.59. The van der Waals surface area contributed by atoms with Gasteiger partial charge in [-0.15, -0.1) is 0 Å². The van der Waals surface area contributed by atoms with Crippen LogP contribution in [0.2, 0.25) is 5.15 Å². The highest BCUT2D eigenvalue weighted by molar-refractivity contribution is 6.31. The van der Waals surface area contributed by atoms with Gasteiger partial charge in [0.15, 0.2) is 10.9 Å². The highest BCUT2D eigenvalue weighted by Crippen LogP contribution is 2.30. The van der Waals surface area contributed by atoms with Crippen molar-refractivity contribution in [3.63, 3.8) is 0 Å². The summed E-state index contributed by atoms with van der Waals surface area (Å²) in [4.78, 5) is 10.9. The Morgan fingerprint density at radius 1 is 1.35 bits per heavy atom. The van der Waals surface area contributed by atoms with Crippen molar-refractivity contribution in [2.24, 2.45) is 0 Å². The number of carbonyl (C=O) groups excluding carboxylic acids is 1. The lowest BCUT2D eigenvalue weighted by Crippen LogP contribution is -2.02. The van der Waals surface area contributed by atoms with Crippen LogP contribution >= 0.6 is 11.6 Å². The SMILES string of the molecule is CC(=O)Oc1c(C)nn(-c2ccccc2)c1Cl. The van der Waals surface area contributed by atoms with E-state index in [4.69, 9.17) is 16.3 Å². The molecule has 0 radical (unpaired) electrons. The second-order valence-corrected chi connectivity index (χ2v) is 3.90. The first kappa shape index (κ1) is 11.7. The molecule has 0 bridgehead atoms. The Bertz CT molecular complexity index is 549. The lowest BCUT2D eigenvalue weighted by Gasteiger charge is -2.02. The van der Waals surface area contributed by atoms with Gasteiger partial charge in [-0.05, 0) is 19.1 Å². The van der Waals surface area contributed by atoms with Crippen LogP contribution in [0, 0.1) is 6.92 Å². The van der Waals surface area contributed by atoms with Crippen molar-refractivity contribution in [2.45, 2.75) is 13.8 Å². The molecule has 2 rings (SSSR count). The predicted molar refractivity (Wildman–Crippen MR) is 64.6 cm³/mol. The Morgan fingerprint density at radius 3 is 2.59 bits per heavy atom. The van der Waals surface area contributed by atoms with Crippen molar-refractivity contribution < 1.29 is 9.53 Å². The average Bonchev–Trinajstić information content (AvgIpc) is 2.58. The first-order valence-corrected chi connectivity index (χ1v) is 5.46. The van der Waals surface area contributed by atoms with E-state index < -0.39 is 5.97 Å². The summed E-state index contributed by atoms with van der Waals surface area (Å²) >= 11 is 6.13. The molecule has 0 saturated carbocycles. The third-order valence-corrected chi connectivity index (χ3v) is 2.53. The van der Waals surface area contributed by atoms with Gasteiger partial charge >= 0.3 is 5.97 Å². The molecule has 0 spiro atoms. The molecule has 1 aromatic carbocycles. The predicted octanol–water partition coefficient (Wildman–Crippen LogP) is 2.76. The maximum absolute atomic E-state index is 10.9. The topological polar surface area (TPSA) is 44.1 Å². The molecule has 0 aliphatic heterocycles. The normalized spacial score (nSPS) is 10.3. The maximum Gasteiger partial charge on any atom is 0.308 e. The maximum atomic E-state index is 10.9. The van der Waals surface area contributed by atoms with Crippen molar-refractivity contribution in [1.82, 2.24) is 9.78 Å². The standard InChI is InChI=1S/C12H11ClN2O2/c1-8-11(17-9(2)16)12(13)15(14-8)10-6-4-3-5-7-10/h3-7H,1-2H3. The lowest BCUT2D eigenvalue weighted by atomic mass is 10.3. The van der Waals surface area contributed by atoms with Gasteiger partial charge in [-0.2, -0.15) is 5.10 Å². The molecule has 88 valence electrons. The van der Waals surface area contributed by atoms with Crippen molar-refractivity contribution in [1.29, 1.82) is 0 Å². The monoisotopic (exact) mass is 250 g/mol. The van der Waals surface area contributed by atoms with Crippen LogP contribution < -0.4 is 4.74 Å². The number of ether oxygens (including phenoxy) is 1. The quantitative estimate of drug-likeness (QED) is 0.770. The molecular weight excluding hydrogens is 240 g/mol. The highest BCUT2D eigenvalue weighted by Gasteiger charge is 2.17. The molecule has 0 atom stereocenters. The first-order chi connectivity index (χ1) is 8.09. The Hall–Kier alpha value is -1.81. The van der Waals surface area contributed by atoms with E-state index >= 15 is 0 Å².